The highest BCUT2D eigenvalue weighted by molar-refractivity contribution is 8.00. The van der Waals surface area contributed by atoms with Crippen LogP contribution in [0, 0.1) is 0 Å². The molecule has 0 saturated carbocycles. The third kappa shape index (κ3) is 4.43. The lowest BCUT2D eigenvalue weighted by atomic mass is 10.1. The van der Waals surface area contributed by atoms with Crippen molar-refractivity contribution in [2.45, 2.75) is 44.0 Å². The third-order valence-electron chi connectivity index (χ3n) is 2.71. The molecular weight excluding hydrogens is 210 g/mol. The van der Waals surface area contributed by atoms with Gasteiger partial charge in [0.15, 0.2) is 0 Å². The van der Waals surface area contributed by atoms with Gasteiger partial charge in [-0.15, -0.1) is 11.8 Å². The molecule has 1 saturated heterocycles. The van der Waals surface area contributed by atoms with E-state index in [1.165, 1.54) is 12.8 Å². The second-order valence-electron chi connectivity index (χ2n) is 4.25. The first-order valence-corrected chi connectivity index (χ1v) is 6.71. The largest absolute Gasteiger partial charge is 0.393 e. The predicted molar refractivity (Wildman–Crippen MR) is 64.0 cm³/mol. The average molecular weight is 231 g/mol. The molecule has 0 spiro atoms. The van der Waals surface area contributed by atoms with Gasteiger partial charge >= 0.3 is 0 Å². The molecule has 88 valence electrons. The summed E-state index contributed by atoms with van der Waals surface area (Å²) in [7, 11) is 1.83. The number of nitrogens with zero attached hydrogens (tertiary/aromatic N) is 1. The fraction of sp³-hybridized carbons (Fsp3) is 0.909. The first-order valence-electron chi connectivity index (χ1n) is 5.66. The van der Waals surface area contributed by atoms with Crippen LogP contribution in [0.2, 0.25) is 0 Å². The summed E-state index contributed by atoms with van der Waals surface area (Å²) in [6.45, 7) is 2.42. The Hall–Kier alpha value is -0.220. The number of carbonyl (C=O) groups excluding carboxylic acids is 1. The smallest absolute Gasteiger partial charge is 0.235 e. The van der Waals surface area contributed by atoms with Crippen LogP contribution >= 0.6 is 11.8 Å². The quantitative estimate of drug-likeness (QED) is 0.797. The van der Waals surface area contributed by atoms with E-state index in [9.17, 15) is 4.79 Å². The fourth-order valence-electron chi connectivity index (χ4n) is 1.67. The minimum atomic E-state index is -0.320. The molecule has 0 radical (unpaired) electrons. The summed E-state index contributed by atoms with van der Waals surface area (Å²) in [5, 5.41) is 9.31. The number of hydrogen-bond acceptors (Lipinski definition) is 3. The summed E-state index contributed by atoms with van der Waals surface area (Å²) in [5.74, 6) is 1.35. The van der Waals surface area contributed by atoms with E-state index < -0.39 is 0 Å². The lowest BCUT2D eigenvalue weighted by molar-refractivity contribution is -0.129. The van der Waals surface area contributed by atoms with Crippen LogP contribution < -0.4 is 0 Å². The van der Waals surface area contributed by atoms with Gasteiger partial charge in [0, 0.05) is 13.6 Å². The molecule has 0 aromatic rings. The molecule has 1 rings (SSSR count). The molecule has 0 bridgehead atoms. The number of aliphatic hydroxyl groups is 1. The van der Waals surface area contributed by atoms with Crippen molar-refractivity contribution in [1.29, 1.82) is 0 Å². The van der Waals surface area contributed by atoms with E-state index in [0.717, 1.165) is 12.2 Å². The van der Waals surface area contributed by atoms with Crippen molar-refractivity contribution in [2.75, 3.05) is 19.3 Å². The summed E-state index contributed by atoms with van der Waals surface area (Å²) >= 11 is 1.78. The SMILES string of the molecule is CC(O)CCN(C)C(=O)C1CCCCS1. The van der Waals surface area contributed by atoms with Crippen molar-refractivity contribution in [3.8, 4) is 0 Å². The van der Waals surface area contributed by atoms with E-state index >= 15 is 0 Å². The van der Waals surface area contributed by atoms with Crippen LogP contribution in [-0.2, 0) is 4.79 Å². The van der Waals surface area contributed by atoms with Crippen molar-refractivity contribution in [3.05, 3.63) is 0 Å². The number of hydrogen-bond donors (Lipinski definition) is 1. The Morgan fingerprint density at radius 2 is 2.33 bits per heavy atom. The zero-order valence-electron chi connectivity index (χ0n) is 9.61. The van der Waals surface area contributed by atoms with Gasteiger partial charge in [-0.05, 0) is 31.9 Å². The zero-order chi connectivity index (χ0) is 11.3. The van der Waals surface area contributed by atoms with E-state index in [0.29, 0.717) is 13.0 Å². The summed E-state index contributed by atoms with van der Waals surface area (Å²) in [5.41, 5.74) is 0. The van der Waals surface area contributed by atoms with E-state index in [1.54, 1.807) is 23.6 Å². The molecule has 2 unspecified atom stereocenters. The topological polar surface area (TPSA) is 40.5 Å². The molecule has 3 nitrogen and oxygen atoms in total. The monoisotopic (exact) mass is 231 g/mol. The van der Waals surface area contributed by atoms with Gasteiger partial charge in [-0.3, -0.25) is 4.79 Å². The minimum absolute atomic E-state index is 0.165. The minimum Gasteiger partial charge on any atom is -0.393 e. The van der Waals surface area contributed by atoms with Crippen molar-refractivity contribution in [2.24, 2.45) is 0 Å². The van der Waals surface area contributed by atoms with E-state index in [4.69, 9.17) is 5.11 Å². The highest BCUT2D eigenvalue weighted by atomic mass is 32.2. The van der Waals surface area contributed by atoms with E-state index in [1.807, 2.05) is 7.05 Å². The first-order chi connectivity index (χ1) is 7.11. The molecule has 4 heteroatoms. The molecule has 0 aromatic heterocycles. The molecule has 1 aliphatic rings. The maximum atomic E-state index is 11.9. The van der Waals surface area contributed by atoms with Gasteiger partial charge in [-0.25, -0.2) is 0 Å². The first kappa shape index (κ1) is 12.8. The van der Waals surface area contributed by atoms with Crippen molar-refractivity contribution < 1.29 is 9.90 Å². The van der Waals surface area contributed by atoms with E-state index in [2.05, 4.69) is 0 Å². The van der Waals surface area contributed by atoms with Gasteiger partial charge in [0.2, 0.25) is 5.91 Å². The maximum Gasteiger partial charge on any atom is 0.235 e. The molecule has 1 N–H and O–H groups in total. The van der Waals surface area contributed by atoms with E-state index in [-0.39, 0.29) is 17.3 Å². The highest BCUT2D eigenvalue weighted by Gasteiger charge is 2.24. The molecule has 1 amide bonds. The van der Waals surface area contributed by atoms with Gasteiger partial charge in [-0.1, -0.05) is 6.42 Å². The highest BCUT2D eigenvalue weighted by Crippen LogP contribution is 2.26. The number of carbonyl (C=O) groups is 1. The maximum absolute atomic E-state index is 11.9. The molecule has 0 aliphatic carbocycles. The molecule has 1 fully saturated rings. The Morgan fingerprint density at radius 3 is 2.87 bits per heavy atom. The molecule has 1 heterocycles. The van der Waals surface area contributed by atoms with Gasteiger partial charge < -0.3 is 10.0 Å². The Labute approximate surface area is 96.2 Å². The fourth-order valence-corrected chi connectivity index (χ4v) is 2.98. The summed E-state index contributed by atoms with van der Waals surface area (Å²) in [6, 6.07) is 0. The predicted octanol–water partition coefficient (Wildman–Crippen LogP) is 1.50. The number of amides is 1. The second-order valence-corrected chi connectivity index (χ2v) is 5.56. The Balaban J connectivity index is 2.30. The molecule has 15 heavy (non-hydrogen) atoms. The second kappa shape index (κ2) is 6.38. The van der Waals surface area contributed by atoms with Crippen molar-refractivity contribution in [1.82, 2.24) is 4.90 Å². The summed E-state index contributed by atoms with van der Waals surface area (Å²) < 4.78 is 0. The number of thioether (sulfide) groups is 1. The molecular formula is C11H21NO2S. The van der Waals surface area contributed by atoms with Crippen LogP contribution in [-0.4, -0.2) is 46.6 Å². The molecule has 0 aromatic carbocycles. The molecule has 1 aliphatic heterocycles. The van der Waals surface area contributed by atoms with Crippen LogP contribution in [0.3, 0.4) is 0 Å². The van der Waals surface area contributed by atoms with Gasteiger partial charge in [0.05, 0.1) is 11.4 Å². The van der Waals surface area contributed by atoms with Crippen LogP contribution in [0.4, 0.5) is 0 Å². The molecule has 2 atom stereocenters. The number of rotatable bonds is 4. The number of aliphatic hydroxyl groups excluding tert-OH is 1. The van der Waals surface area contributed by atoms with Gasteiger partial charge in [0.25, 0.3) is 0 Å². The Morgan fingerprint density at radius 1 is 1.60 bits per heavy atom. The normalized spacial score (nSPS) is 23.5. The summed E-state index contributed by atoms with van der Waals surface area (Å²) in [4.78, 5) is 13.7. The van der Waals surface area contributed by atoms with Crippen molar-refractivity contribution in [3.63, 3.8) is 0 Å². The Kier molecular flexibility index (Phi) is 5.47. The lowest BCUT2D eigenvalue weighted by Crippen LogP contribution is -2.37. The van der Waals surface area contributed by atoms with Crippen LogP contribution in [0.5, 0.6) is 0 Å². The zero-order valence-corrected chi connectivity index (χ0v) is 10.4. The van der Waals surface area contributed by atoms with Crippen LogP contribution in [0.25, 0.3) is 0 Å². The van der Waals surface area contributed by atoms with Gasteiger partial charge in [0.1, 0.15) is 0 Å². The van der Waals surface area contributed by atoms with Crippen LogP contribution in [0.15, 0.2) is 0 Å². The van der Waals surface area contributed by atoms with Crippen molar-refractivity contribution >= 4 is 17.7 Å². The average Bonchev–Trinajstić information content (AvgIpc) is 2.26. The third-order valence-corrected chi connectivity index (χ3v) is 4.08. The lowest BCUT2D eigenvalue weighted by Gasteiger charge is -2.26. The van der Waals surface area contributed by atoms with Crippen LogP contribution in [0.1, 0.15) is 32.6 Å². The van der Waals surface area contributed by atoms with Gasteiger partial charge in [-0.2, -0.15) is 0 Å². The standard InChI is InChI=1S/C11H21NO2S/c1-9(13)6-7-12(2)11(14)10-5-3-4-8-15-10/h9-10,13H,3-8H2,1-2H3. The summed E-state index contributed by atoms with van der Waals surface area (Å²) in [6.07, 6.45) is 3.78. The Bertz CT molecular complexity index is 203.